The Balaban J connectivity index is 1.86. The number of hydrogen-bond donors (Lipinski definition) is 0. The van der Waals surface area contributed by atoms with E-state index in [2.05, 4.69) is 32.0 Å². The second-order valence-electron chi connectivity index (χ2n) is 4.53. The largest absolute Gasteiger partial charge is 0.282 e. The minimum Gasteiger partial charge on any atom is -0.282 e. The van der Waals surface area contributed by atoms with Gasteiger partial charge >= 0.3 is 0 Å². The van der Waals surface area contributed by atoms with Gasteiger partial charge in [-0.1, -0.05) is 6.07 Å². The van der Waals surface area contributed by atoms with Crippen LogP contribution in [0.5, 0.6) is 0 Å². The molecular weight excluding hydrogens is 246 g/mol. The van der Waals surface area contributed by atoms with Gasteiger partial charge in [-0.15, -0.1) is 11.8 Å². The molecule has 0 saturated carbocycles. The van der Waals surface area contributed by atoms with E-state index >= 15 is 0 Å². The molecule has 0 atom stereocenters. The third kappa shape index (κ3) is 2.93. The zero-order valence-corrected chi connectivity index (χ0v) is 11.5. The molecule has 3 nitrogen and oxygen atoms in total. The monoisotopic (exact) mass is 263 g/mol. The molecule has 1 aliphatic heterocycles. The highest BCUT2D eigenvalue weighted by Crippen LogP contribution is 2.22. The van der Waals surface area contributed by atoms with Gasteiger partial charge < -0.3 is 0 Å². The Bertz CT molecular complexity index is 469. The SMILES string of the molecule is Cc1ccc(SCCN2C(=O)CCC2=O)cc1C. The average Bonchev–Trinajstić information content (AvgIpc) is 2.65. The van der Waals surface area contributed by atoms with E-state index in [1.807, 2.05) is 0 Å². The lowest BCUT2D eigenvalue weighted by molar-refractivity contribution is -0.137. The number of rotatable bonds is 4. The van der Waals surface area contributed by atoms with Crippen molar-refractivity contribution in [3.63, 3.8) is 0 Å². The first kappa shape index (κ1) is 13.1. The molecule has 96 valence electrons. The maximum absolute atomic E-state index is 11.4. The Morgan fingerprint density at radius 3 is 2.39 bits per heavy atom. The van der Waals surface area contributed by atoms with E-state index in [1.54, 1.807) is 11.8 Å². The minimum atomic E-state index is -0.0271. The first-order chi connectivity index (χ1) is 8.58. The molecular formula is C14H17NO2S. The molecule has 4 heteroatoms. The van der Waals surface area contributed by atoms with Gasteiger partial charge in [0.15, 0.2) is 0 Å². The summed E-state index contributed by atoms with van der Waals surface area (Å²) in [7, 11) is 0. The summed E-state index contributed by atoms with van der Waals surface area (Å²) in [6.45, 7) is 4.70. The van der Waals surface area contributed by atoms with E-state index in [0.717, 1.165) is 5.75 Å². The molecule has 2 rings (SSSR count). The van der Waals surface area contributed by atoms with Crippen molar-refractivity contribution >= 4 is 23.6 Å². The summed E-state index contributed by atoms with van der Waals surface area (Å²) < 4.78 is 0. The van der Waals surface area contributed by atoms with E-state index in [4.69, 9.17) is 0 Å². The summed E-state index contributed by atoms with van der Waals surface area (Å²) in [5.41, 5.74) is 2.55. The van der Waals surface area contributed by atoms with Gasteiger partial charge in [0.25, 0.3) is 0 Å². The lowest BCUT2D eigenvalue weighted by Crippen LogP contribution is -2.31. The normalized spacial score (nSPS) is 15.6. The smallest absolute Gasteiger partial charge is 0.229 e. The molecule has 18 heavy (non-hydrogen) atoms. The quantitative estimate of drug-likeness (QED) is 0.619. The molecule has 1 fully saturated rings. The number of benzene rings is 1. The summed E-state index contributed by atoms with van der Waals surface area (Å²) in [4.78, 5) is 25.4. The highest BCUT2D eigenvalue weighted by atomic mass is 32.2. The van der Waals surface area contributed by atoms with Crippen molar-refractivity contribution in [1.82, 2.24) is 4.90 Å². The number of nitrogens with zero attached hydrogens (tertiary/aromatic N) is 1. The van der Waals surface area contributed by atoms with E-state index in [-0.39, 0.29) is 11.8 Å². The van der Waals surface area contributed by atoms with Crippen LogP contribution in [0.4, 0.5) is 0 Å². The van der Waals surface area contributed by atoms with Gasteiger partial charge in [0.05, 0.1) is 0 Å². The van der Waals surface area contributed by atoms with Crippen molar-refractivity contribution < 1.29 is 9.59 Å². The Hall–Kier alpha value is -1.29. The van der Waals surface area contributed by atoms with E-state index in [9.17, 15) is 9.59 Å². The average molecular weight is 263 g/mol. The summed E-state index contributed by atoms with van der Waals surface area (Å²) in [5, 5.41) is 0. The molecule has 1 heterocycles. The summed E-state index contributed by atoms with van der Waals surface area (Å²) in [6, 6.07) is 6.33. The maximum Gasteiger partial charge on any atom is 0.229 e. The van der Waals surface area contributed by atoms with Crippen LogP contribution >= 0.6 is 11.8 Å². The molecule has 0 unspecified atom stereocenters. The van der Waals surface area contributed by atoms with Crippen LogP contribution < -0.4 is 0 Å². The second-order valence-corrected chi connectivity index (χ2v) is 5.70. The van der Waals surface area contributed by atoms with Gasteiger partial charge in [0, 0.05) is 30.0 Å². The van der Waals surface area contributed by atoms with E-state index in [1.165, 1.54) is 20.9 Å². The van der Waals surface area contributed by atoms with Gasteiger partial charge in [-0.05, 0) is 37.1 Å². The number of carbonyl (C=O) groups is 2. The Kier molecular flexibility index (Phi) is 4.07. The fourth-order valence-electron chi connectivity index (χ4n) is 1.93. The standard InChI is InChI=1S/C14H17NO2S/c1-10-3-4-12(9-11(10)2)18-8-7-15-13(16)5-6-14(15)17/h3-4,9H,5-8H2,1-2H3. The lowest BCUT2D eigenvalue weighted by atomic mass is 10.1. The van der Waals surface area contributed by atoms with Crippen LogP contribution in [-0.4, -0.2) is 29.0 Å². The molecule has 1 aromatic rings. The predicted octanol–water partition coefficient (Wildman–Crippen LogP) is 2.54. The summed E-state index contributed by atoms with van der Waals surface area (Å²) in [6.07, 6.45) is 0.764. The van der Waals surface area contributed by atoms with Gasteiger partial charge in [-0.3, -0.25) is 14.5 Å². The van der Waals surface area contributed by atoms with Gasteiger partial charge in [0.2, 0.25) is 11.8 Å². The Labute approximate surface area is 112 Å². The van der Waals surface area contributed by atoms with Crippen LogP contribution in [0.25, 0.3) is 0 Å². The second kappa shape index (κ2) is 5.57. The molecule has 1 aliphatic rings. The highest BCUT2D eigenvalue weighted by molar-refractivity contribution is 7.99. The number of aryl methyl sites for hydroxylation is 2. The fraction of sp³-hybridized carbons (Fsp3) is 0.429. The molecule has 0 radical (unpaired) electrons. The van der Waals surface area contributed by atoms with Crippen molar-refractivity contribution in [3.8, 4) is 0 Å². The molecule has 0 N–H and O–H groups in total. The first-order valence-corrected chi connectivity index (χ1v) is 7.10. The predicted molar refractivity (Wildman–Crippen MR) is 72.6 cm³/mol. The molecule has 0 aliphatic carbocycles. The highest BCUT2D eigenvalue weighted by Gasteiger charge is 2.27. The van der Waals surface area contributed by atoms with Crippen LogP contribution in [0.15, 0.2) is 23.1 Å². The number of carbonyl (C=O) groups excluding carboxylic acids is 2. The number of amides is 2. The lowest BCUT2D eigenvalue weighted by Gasteiger charge is -2.13. The van der Waals surface area contributed by atoms with Crippen LogP contribution in [0.3, 0.4) is 0 Å². The van der Waals surface area contributed by atoms with E-state index in [0.29, 0.717) is 19.4 Å². The number of likely N-dealkylation sites (tertiary alicyclic amines) is 1. The Morgan fingerprint density at radius 1 is 1.11 bits per heavy atom. The van der Waals surface area contributed by atoms with Crippen molar-refractivity contribution in [3.05, 3.63) is 29.3 Å². The molecule has 1 aromatic carbocycles. The number of thioether (sulfide) groups is 1. The zero-order valence-electron chi connectivity index (χ0n) is 10.7. The Morgan fingerprint density at radius 2 is 1.78 bits per heavy atom. The summed E-state index contributed by atoms with van der Waals surface area (Å²) in [5.74, 6) is 0.710. The van der Waals surface area contributed by atoms with Crippen LogP contribution in [0, 0.1) is 13.8 Å². The topological polar surface area (TPSA) is 37.4 Å². The van der Waals surface area contributed by atoms with Crippen molar-refractivity contribution in [2.45, 2.75) is 31.6 Å². The first-order valence-electron chi connectivity index (χ1n) is 6.11. The third-order valence-electron chi connectivity index (χ3n) is 3.22. The zero-order chi connectivity index (χ0) is 13.1. The van der Waals surface area contributed by atoms with Crippen molar-refractivity contribution in [2.75, 3.05) is 12.3 Å². The van der Waals surface area contributed by atoms with Crippen LogP contribution in [0.1, 0.15) is 24.0 Å². The van der Waals surface area contributed by atoms with Crippen LogP contribution in [-0.2, 0) is 9.59 Å². The maximum atomic E-state index is 11.4. The number of imide groups is 1. The summed E-state index contributed by atoms with van der Waals surface area (Å²) >= 11 is 1.69. The van der Waals surface area contributed by atoms with Gasteiger partial charge in [-0.2, -0.15) is 0 Å². The molecule has 0 aromatic heterocycles. The third-order valence-corrected chi connectivity index (χ3v) is 4.19. The van der Waals surface area contributed by atoms with Gasteiger partial charge in [-0.25, -0.2) is 0 Å². The van der Waals surface area contributed by atoms with E-state index < -0.39 is 0 Å². The minimum absolute atomic E-state index is 0.0271. The van der Waals surface area contributed by atoms with Gasteiger partial charge in [0.1, 0.15) is 0 Å². The van der Waals surface area contributed by atoms with Crippen molar-refractivity contribution in [1.29, 1.82) is 0 Å². The van der Waals surface area contributed by atoms with Crippen LogP contribution in [0.2, 0.25) is 0 Å². The van der Waals surface area contributed by atoms with Crippen molar-refractivity contribution in [2.24, 2.45) is 0 Å². The fourth-order valence-corrected chi connectivity index (χ4v) is 2.86. The molecule has 0 spiro atoms. The molecule has 0 bridgehead atoms. The molecule has 2 amide bonds. The number of hydrogen-bond acceptors (Lipinski definition) is 3. The molecule has 1 saturated heterocycles.